The second-order valence-electron chi connectivity index (χ2n) is 6.87. The Morgan fingerprint density at radius 2 is 1.83 bits per heavy atom. The molecule has 1 aliphatic rings. The van der Waals surface area contributed by atoms with Crippen molar-refractivity contribution in [2.24, 2.45) is 0 Å². The molecule has 1 aromatic heterocycles. The van der Waals surface area contributed by atoms with E-state index in [4.69, 9.17) is 26.2 Å². The summed E-state index contributed by atoms with van der Waals surface area (Å²) in [7, 11) is 3.21. The fourth-order valence-electron chi connectivity index (χ4n) is 3.56. The largest absolute Gasteiger partial charge is 0.497 e. The van der Waals surface area contributed by atoms with E-state index in [0.717, 1.165) is 37.2 Å². The molecular formula is C22H22ClN3O3. The fraction of sp³-hybridized carbons (Fsp3) is 0.273. The third kappa shape index (κ3) is 3.80. The van der Waals surface area contributed by atoms with Crippen LogP contribution < -0.4 is 9.47 Å². The molecule has 1 saturated heterocycles. The highest BCUT2D eigenvalue weighted by Crippen LogP contribution is 2.34. The molecule has 0 spiro atoms. The first-order valence-corrected chi connectivity index (χ1v) is 9.86. The Kier molecular flexibility index (Phi) is 5.45. The summed E-state index contributed by atoms with van der Waals surface area (Å²) >= 11 is 6.19. The number of hydrogen-bond donors (Lipinski definition) is 0. The maximum absolute atomic E-state index is 13.2. The van der Waals surface area contributed by atoms with Gasteiger partial charge in [0.2, 0.25) is 0 Å². The molecule has 0 N–H and O–H groups in total. The molecule has 0 bridgehead atoms. The summed E-state index contributed by atoms with van der Waals surface area (Å²) in [5, 5.41) is 5.32. The quantitative estimate of drug-likeness (QED) is 0.622. The standard InChI is InChI=1S/C22H22ClN3O3/c1-28-17-8-9-18(21(13-17)29-2)19-14-20(22(27)25-10-3-4-11-25)26(24-19)16-7-5-6-15(23)12-16/h5-9,12-14H,3-4,10-11H2,1-2H3. The van der Waals surface area contributed by atoms with E-state index in [0.29, 0.717) is 27.9 Å². The second-order valence-corrected chi connectivity index (χ2v) is 7.31. The number of benzene rings is 2. The molecule has 1 aliphatic heterocycles. The van der Waals surface area contributed by atoms with Crippen LogP contribution in [-0.4, -0.2) is 47.9 Å². The molecule has 1 fully saturated rings. The number of nitrogens with zero attached hydrogens (tertiary/aromatic N) is 3. The smallest absolute Gasteiger partial charge is 0.272 e. The number of aromatic nitrogens is 2. The zero-order chi connectivity index (χ0) is 20.4. The van der Waals surface area contributed by atoms with Gasteiger partial charge in [-0.3, -0.25) is 4.79 Å². The highest BCUT2D eigenvalue weighted by molar-refractivity contribution is 6.30. The number of hydrogen-bond acceptors (Lipinski definition) is 4. The number of ether oxygens (including phenoxy) is 2. The maximum atomic E-state index is 13.2. The summed E-state index contributed by atoms with van der Waals surface area (Å²) < 4.78 is 12.5. The lowest BCUT2D eigenvalue weighted by Gasteiger charge is -2.16. The van der Waals surface area contributed by atoms with Crippen LogP contribution in [0, 0.1) is 0 Å². The molecule has 150 valence electrons. The predicted octanol–water partition coefficient (Wildman–Crippen LogP) is 4.45. The monoisotopic (exact) mass is 411 g/mol. The third-order valence-corrected chi connectivity index (χ3v) is 5.29. The lowest BCUT2D eigenvalue weighted by Crippen LogP contribution is -2.29. The summed E-state index contributed by atoms with van der Waals surface area (Å²) in [4.78, 5) is 15.1. The molecule has 2 aromatic carbocycles. The minimum absolute atomic E-state index is 0.0336. The number of rotatable bonds is 5. The van der Waals surface area contributed by atoms with Crippen LogP contribution in [0.15, 0.2) is 48.5 Å². The van der Waals surface area contributed by atoms with Gasteiger partial charge in [0.25, 0.3) is 5.91 Å². The minimum Gasteiger partial charge on any atom is -0.497 e. The van der Waals surface area contributed by atoms with Crippen molar-refractivity contribution >= 4 is 17.5 Å². The fourth-order valence-corrected chi connectivity index (χ4v) is 3.75. The van der Waals surface area contributed by atoms with Crippen LogP contribution in [0.5, 0.6) is 11.5 Å². The van der Waals surface area contributed by atoms with Crippen molar-refractivity contribution < 1.29 is 14.3 Å². The molecular weight excluding hydrogens is 390 g/mol. The molecule has 0 saturated carbocycles. The van der Waals surface area contributed by atoms with Crippen LogP contribution >= 0.6 is 11.6 Å². The van der Waals surface area contributed by atoms with E-state index in [9.17, 15) is 4.79 Å². The number of methoxy groups -OCH3 is 2. The first-order valence-electron chi connectivity index (χ1n) is 9.48. The van der Waals surface area contributed by atoms with Gasteiger partial charge in [-0.2, -0.15) is 5.10 Å². The average molecular weight is 412 g/mol. The molecule has 1 amide bonds. The van der Waals surface area contributed by atoms with Crippen molar-refractivity contribution in [3.05, 3.63) is 59.2 Å². The molecule has 6 nitrogen and oxygen atoms in total. The summed E-state index contributed by atoms with van der Waals surface area (Å²) in [5.41, 5.74) is 2.66. The van der Waals surface area contributed by atoms with Gasteiger partial charge in [0.1, 0.15) is 17.2 Å². The third-order valence-electron chi connectivity index (χ3n) is 5.06. The van der Waals surface area contributed by atoms with Gasteiger partial charge >= 0.3 is 0 Å². The van der Waals surface area contributed by atoms with Crippen LogP contribution in [-0.2, 0) is 0 Å². The van der Waals surface area contributed by atoms with Crippen molar-refractivity contribution in [1.29, 1.82) is 0 Å². The number of likely N-dealkylation sites (tertiary alicyclic amines) is 1. The SMILES string of the molecule is COc1ccc(-c2cc(C(=O)N3CCCC3)n(-c3cccc(Cl)c3)n2)c(OC)c1. The number of amides is 1. The van der Waals surface area contributed by atoms with E-state index in [-0.39, 0.29) is 5.91 Å². The normalized spacial score (nSPS) is 13.6. The van der Waals surface area contributed by atoms with E-state index >= 15 is 0 Å². The minimum atomic E-state index is -0.0336. The maximum Gasteiger partial charge on any atom is 0.272 e. The Balaban J connectivity index is 1.84. The van der Waals surface area contributed by atoms with Gasteiger partial charge in [0.05, 0.1) is 25.6 Å². The summed E-state index contributed by atoms with van der Waals surface area (Å²) in [6, 6.07) is 14.7. The zero-order valence-electron chi connectivity index (χ0n) is 16.4. The molecule has 0 unspecified atom stereocenters. The van der Waals surface area contributed by atoms with Crippen molar-refractivity contribution in [2.45, 2.75) is 12.8 Å². The Hall–Kier alpha value is -2.99. The van der Waals surface area contributed by atoms with Gasteiger partial charge in [-0.1, -0.05) is 17.7 Å². The molecule has 0 aliphatic carbocycles. The first kappa shape index (κ1) is 19.3. The molecule has 7 heteroatoms. The van der Waals surface area contributed by atoms with Crippen molar-refractivity contribution in [1.82, 2.24) is 14.7 Å². The van der Waals surface area contributed by atoms with Gasteiger partial charge in [-0.05, 0) is 49.2 Å². The number of carbonyl (C=O) groups excluding carboxylic acids is 1. The van der Waals surface area contributed by atoms with Gasteiger partial charge < -0.3 is 14.4 Å². The number of carbonyl (C=O) groups is 1. The van der Waals surface area contributed by atoms with Gasteiger partial charge in [0, 0.05) is 29.7 Å². The summed E-state index contributed by atoms with van der Waals surface area (Å²) in [6.45, 7) is 1.53. The van der Waals surface area contributed by atoms with Crippen molar-refractivity contribution in [2.75, 3.05) is 27.3 Å². The summed E-state index contributed by atoms with van der Waals surface area (Å²) in [6.07, 6.45) is 2.05. The van der Waals surface area contributed by atoms with Crippen molar-refractivity contribution in [3.63, 3.8) is 0 Å². The molecule has 4 rings (SSSR count). The molecule has 29 heavy (non-hydrogen) atoms. The highest BCUT2D eigenvalue weighted by Gasteiger charge is 2.25. The van der Waals surface area contributed by atoms with Crippen molar-refractivity contribution in [3.8, 4) is 28.4 Å². The van der Waals surface area contributed by atoms with Gasteiger partial charge in [0.15, 0.2) is 0 Å². The van der Waals surface area contributed by atoms with E-state index in [1.807, 2.05) is 35.2 Å². The predicted molar refractivity (Wildman–Crippen MR) is 112 cm³/mol. The molecule has 0 atom stereocenters. The molecule has 2 heterocycles. The van der Waals surface area contributed by atoms with E-state index in [1.165, 1.54) is 0 Å². The van der Waals surface area contributed by atoms with Crippen LogP contribution in [0.25, 0.3) is 16.9 Å². The Morgan fingerprint density at radius 3 is 2.52 bits per heavy atom. The zero-order valence-corrected chi connectivity index (χ0v) is 17.1. The van der Waals surface area contributed by atoms with E-state index in [2.05, 4.69) is 0 Å². The van der Waals surface area contributed by atoms with Gasteiger partial charge in [-0.25, -0.2) is 4.68 Å². The van der Waals surface area contributed by atoms with Crippen LogP contribution in [0.4, 0.5) is 0 Å². The topological polar surface area (TPSA) is 56.6 Å². The molecule has 0 radical (unpaired) electrons. The first-order chi connectivity index (χ1) is 14.1. The van der Waals surface area contributed by atoms with Crippen LogP contribution in [0.3, 0.4) is 0 Å². The van der Waals surface area contributed by atoms with Crippen LogP contribution in [0.2, 0.25) is 5.02 Å². The summed E-state index contributed by atoms with van der Waals surface area (Å²) in [5.74, 6) is 1.28. The molecule has 3 aromatic rings. The van der Waals surface area contributed by atoms with E-state index < -0.39 is 0 Å². The highest BCUT2D eigenvalue weighted by atomic mass is 35.5. The van der Waals surface area contributed by atoms with Gasteiger partial charge in [-0.15, -0.1) is 0 Å². The Labute approximate surface area is 174 Å². The Morgan fingerprint density at radius 1 is 1.03 bits per heavy atom. The number of halogens is 1. The Bertz CT molecular complexity index is 1040. The lowest BCUT2D eigenvalue weighted by molar-refractivity contribution is 0.0784. The average Bonchev–Trinajstić information content (AvgIpc) is 3.43. The van der Waals surface area contributed by atoms with E-state index in [1.54, 1.807) is 37.1 Å². The lowest BCUT2D eigenvalue weighted by atomic mass is 10.1. The van der Waals surface area contributed by atoms with Crippen LogP contribution in [0.1, 0.15) is 23.3 Å². The second kappa shape index (κ2) is 8.17.